The van der Waals surface area contributed by atoms with E-state index >= 15 is 0 Å². The molecule has 1 heterocycles. The SMILES string of the molecule is CC(=O)c1ccc(C(=O)Nc2cc(-c3ccccc3)no2)cc1. The number of ketones is 1. The monoisotopic (exact) mass is 306 g/mol. The van der Waals surface area contributed by atoms with E-state index in [1.165, 1.54) is 6.92 Å². The maximum atomic E-state index is 12.2. The third-order valence-electron chi connectivity index (χ3n) is 3.37. The average Bonchev–Trinajstić information content (AvgIpc) is 3.04. The largest absolute Gasteiger partial charge is 0.338 e. The lowest BCUT2D eigenvalue weighted by Crippen LogP contribution is -2.11. The van der Waals surface area contributed by atoms with E-state index in [-0.39, 0.29) is 17.6 Å². The highest BCUT2D eigenvalue weighted by molar-refractivity contribution is 6.04. The van der Waals surface area contributed by atoms with Crippen molar-refractivity contribution in [1.82, 2.24) is 5.16 Å². The van der Waals surface area contributed by atoms with E-state index in [0.29, 0.717) is 16.8 Å². The van der Waals surface area contributed by atoms with Gasteiger partial charge in [-0.2, -0.15) is 0 Å². The van der Waals surface area contributed by atoms with Gasteiger partial charge in [-0.3, -0.25) is 14.9 Å². The van der Waals surface area contributed by atoms with E-state index in [9.17, 15) is 9.59 Å². The van der Waals surface area contributed by atoms with Gasteiger partial charge in [-0.05, 0) is 19.1 Å². The molecule has 0 unspecified atom stereocenters. The second kappa shape index (κ2) is 6.27. The molecule has 114 valence electrons. The molecule has 5 heteroatoms. The number of carbonyl (C=O) groups excluding carboxylic acids is 2. The molecule has 3 rings (SSSR count). The van der Waals surface area contributed by atoms with Crippen molar-refractivity contribution in [3.8, 4) is 11.3 Å². The molecule has 0 saturated heterocycles. The molecule has 0 aliphatic heterocycles. The minimum Gasteiger partial charge on any atom is -0.338 e. The third-order valence-corrected chi connectivity index (χ3v) is 3.37. The van der Waals surface area contributed by atoms with E-state index in [2.05, 4.69) is 10.5 Å². The van der Waals surface area contributed by atoms with Gasteiger partial charge in [0.1, 0.15) is 5.69 Å². The van der Waals surface area contributed by atoms with Crippen molar-refractivity contribution in [3.63, 3.8) is 0 Å². The van der Waals surface area contributed by atoms with Gasteiger partial charge in [0, 0.05) is 22.8 Å². The van der Waals surface area contributed by atoms with E-state index < -0.39 is 0 Å². The number of benzene rings is 2. The summed E-state index contributed by atoms with van der Waals surface area (Å²) in [6.07, 6.45) is 0. The fraction of sp³-hybridized carbons (Fsp3) is 0.0556. The number of hydrogen-bond acceptors (Lipinski definition) is 4. The molecule has 1 aromatic heterocycles. The maximum Gasteiger partial charge on any atom is 0.258 e. The predicted octanol–water partition coefficient (Wildman–Crippen LogP) is 3.80. The van der Waals surface area contributed by atoms with Crippen LogP contribution in [0.15, 0.2) is 65.2 Å². The number of nitrogens with one attached hydrogen (secondary N) is 1. The number of carbonyl (C=O) groups is 2. The molecule has 0 aliphatic carbocycles. The van der Waals surface area contributed by atoms with Crippen molar-refractivity contribution in [2.24, 2.45) is 0 Å². The zero-order chi connectivity index (χ0) is 16.2. The van der Waals surface area contributed by atoms with Crippen LogP contribution in [0.3, 0.4) is 0 Å². The zero-order valence-electron chi connectivity index (χ0n) is 12.4. The molecule has 0 spiro atoms. The number of anilines is 1. The fourth-order valence-electron chi connectivity index (χ4n) is 2.12. The topological polar surface area (TPSA) is 72.2 Å². The van der Waals surface area contributed by atoms with Gasteiger partial charge in [0.2, 0.25) is 5.88 Å². The van der Waals surface area contributed by atoms with Crippen molar-refractivity contribution in [3.05, 3.63) is 71.8 Å². The molecular formula is C18H14N2O3. The van der Waals surface area contributed by atoms with Crippen molar-refractivity contribution in [1.29, 1.82) is 0 Å². The summed E-state index contributed by atoms with van der Waals surface area (Å²) in [5, 5.41) is 6.58. The zero-order valence-corrected chi connectivity index (χ0v) is 12.4. The van der Waals surface area contributed by atoms with Crippen LogP contribution in [0.2, 0.25) is 0 Å². The Morgan fingerprint density at radius 3 is 2.26 bits per heavy atom. The Kier molecular flexibility index (Phi) is 4.01. The fourth-order valence-corrected chi connectivity index (χ4v) is 2.12. The van der Waals surface area contributed by atoms with Gasteiger partial charge in [0.15, 0.2) is 5.78 Å². The number of rotatable bonds is 4. The Balaban J connectivity index is 1.73. The molecule has 0 bridgehead atoms. The van der Waals surface area contributed by atoms with Gasteiger partial charge in [-0.15, -0.1) is 0 Å². The smallest absolute Gasteiger partial charge is 0.258 e. The van der Waals surface area contributed by atoms with Crippen LogP contribution < -0.4 is 5.32 Å². The van der Waals surface area contributed by atoms with Crippen LogP contribution in [0, 0.1) is 0 Å². The summed E-state index contributed by atoms with van der Waals surface area (Å²) in [6.45, 7) is 1.48. The summed E-state index contributed by atoms with van der Waals surface area (Å²) in [4.78, 5) is 23.4. The Morgan fingerprint density at radius 1 is 0.957 bits per heavy atom. The minimum absolute atomic E-state index is 0.0419. The summed E-state index contributed by atoms with van der Waals surface area (Å²) in [5.74, 6) is -0.0972. The summed E-state index contributed by atoms with van der Waals surface area (Å²) in [7, 11) is 0. The van der Waals surface area contributed by atoms with Crippen LogP contribution in [0.5, 0.6) is 0 Å². The van der Waals surface area contributed by atoms with E-state index in [4.69, 9.17) is 4.52 Å². The first-order chi connectivity index (χ1) is 11.1. The second-order valence-electron chi connectivity index (χ2n) is 5.03. The van der Waals surface area contributed by atoms with Crippen molar-refractivity contribution in [2.75, 3.05) is 5.32 Å². The van der Waals surface area contributed by atoms with Crippen LogP contribution >= 0.6 is 0 Å². The normalized spacial score (nSPS) is 10.3. The maximum absolute atomic E-state index is 12.2. The molecule has 1 N–H and O–H groups in total. The average molecular weight is 306 g/mol. The van der Waals surface area contributed by atoms with Gasteiger partial charge >= 0.3 is 0 Å². The highest BCUT2D eigenvalue weighted by Gasteiger charge is 2.11. The molecule has 2 aromatic carbocycles. The Bertz CT molecular complexity index is 836. The Labute approximate surface area is 132 Å². The van der Waals surface area contributed by atoms with Crippen molar-refractivity contribution < 1.29 is 14.1 Å². The highest BCUT2D eigenvalue weighted by Crippen LogP contribution is 2.21. The van der Waals surface area contributed by atoms with Gasteiger partial charge < -0.3 is 4.52 Å². The molecule has 1 amide bonds. The first-order valence-electron chi connectivity index (χ1n) is 7.08. The summed E-state index contributed by atoms with van der Waals surface area (Å²) in [5.41, 5.74) is 2.55. The second-order valence-corrected chi connectivity index (χ2v) is 5.03. The van der Waals surface area contributed by atoms with Gasteiger partial charge in [0.25, 0.3) is 5.91 Å². The summed E-state index contributed by atoms with van der Waals surface area (Å²) < 4.78 is 5.14. The van der Waals surface area contributed by atoms with Crippen LogP contribution in [0.1, 0.15) is 27.6 Å². The van der Waals surface area contributed by atoms with E-state index in [0.717, 1.165) is 5.56 Å². The number of hydrogen-bond donors (Lipinski definition) is 1. The number of nitrogens with zero attached hydrogens (tertiary/aromatic N) is 1. The van der Waals surface area contributed by atoms with Crippen molar-refractivity contribution >= 4 is 17.6 Å². The summed E-state index contributed by atoms with van der Waals surface area (Å²) >= 11 is 0. The molecular weight excluding hydrogens is 292 g/mol. The Hall–Kier alpha value is -3.21. The van der Waals surface area contributed by atoms with E-state index in [1.54, 1.807) is 30.3 Å². The molecule has 0 fully saturated rings. The van der Waals surface area contributed by atoms with Crippen LogP contribution in [0.25, 0.3) is 11.3 Å². The van der Waals surface area contributed by atoms with E-state index in [1.807, 2.05) is 30.3 Å². The third kappa shape index (κ3) is 3.35. The van der Waals surface area contributed by atoms with Crippen molar-refractivity contribution in [2.45, 2.75) is 6.92 Å². The standard InChI is InChI=1S/C18H14N2O3/c1-12(21)13-7-9-15(10-8-13)18(22)19-17-11-16(20-23-17)14-5-3-2-4-6-14/h2-11H,1H3,(H,19,22). The van der Waals surface area contributed by atoms with Gasteiger partial charge in [-0.25, -0.2) is 0 Å². The lowest BCUT2D eigenvalue weighted by molar-refractivity contribution is 0.100. The molecule has 0 aliphatic rings. The van der Waals surface area contributed by atoms with Gasteiger partial charge in [-0.1, -0.05) is 47.6 Å². The first-order valence-corrected chi connectivity index (χ1v) is 7.08. The number of Topliss-reactive ketones (excluding diaryl/α,β-unsaturated/α-hetero) is 1. The molecule has 0 atom stereocenters. The highest BCUT2D eigenvalue weighted by atomic mass is 16.5. The number of aromatic nitrogens is 1. The summed E-state index contributed by atoms with van der Waals surface area (Å²) in [6, 6.07) is 17.6. The Morgan fingerprint density at radius 2 is 1.61 bits per heavy atom. The van der Waals surface area contributed by atoms with Crippen LogP contribution in [0.4, 0.5) is 5.88 Å². The first kappa shape index (κ1) is 14.7. The molecule has 5 nitrogen and oxygen atoms in total. The number of amides is 1. The van der Waals surface area contributed by atoms with Gasteiger partial charge in [0.05, 0.1) is 0 Å². The van der Waals surface area contributed by atoms with Crippen LogP contribution in [-0.4, -0.2) is 16.8 Å². The quantitative estimate of drug-likeness (QED) is 0.744. The molecule has 0 radical (unpaired) electrons. The molecule has 23 heavy (non-hydrogen) atoms. The minimum atomic E-state index is -0.323. The molecule has 0 saturated carbocycles. The molecule has 3 aromatic rings. The van der Waals surface area contributed by atoms with Crippen LogP contribution in [-0.2, 0) is 0 Å². The lowest BCUT2D eigenvalue weighted by Gasteiger charge is -2.02. The predicted molar refractivity (Wildman–Crippen MR) is 86.3 cm³/mol. The lowest BCUT2D eigenvalue weighted by atomic mass is 10.1.